The van der Waals surface area contributed by atoms with E-state index >= 15 is 0 Å². The minimum atomic E-state index is -0.487. The van der Waals surface area contributed by atoms with E-state index in [1.165, 1.54) is 0 Å². The smallest absolute Gasteiger partial charge is 0.410 e. The Labute approximate surface area is 172 Å². The number of ether oxygens (including phenoxy) is 2. The van der Waals surface area contributed by atoms with Crippen molar-refractivity contribution in [2.45, 2.75) is 64.8 Å². The molecule has 0 bridgehead atoms. The number of aromatic nitrogens is 3. The van der Waals surface area contributed by atoms with Crippen LogP contribution in [0.15, 0.2) is 4.99 Å². The highest BCUT2D eigenvalue weighted by Gasteiger charge is 2.34. The number of carbonyl (C=O) groups excluding carboxylic acids is 1. The van der Waals surface area contributed by atoms with Gasteiger partial charge in [-0.2, -0.15) is 0 Å². The Morgan fingerprint density at radius 3 is 2.69 bits per heavy atom. The molecule has 162 valence electrons. The fraction of sp³-hybridized carbons (Fsp3) is 0.789. The first kappa shape index (κ1) is 21.4. The van der Waals surface area contributed by atoms with Gasteiger partial charge in [0, 0.05) is 33.3 Å². The molecule has 29 heavy (non-hydrogen) atoms. The van der Waals surface area contributed by atoms with Crippen molar-refractivity contribution >= 4 is 12.1 Å². The fourth-order valence-corrected chi connectivity index (χ4v) is 3.15. The Hall–Kier alpha value is -2.36. The van der Waals surface area contributed by atoms with Gasteiger partial charge in [-0.25, -0.2) is 9.79 Å². The van der Waals surface area contributed by atoms with Crippen molar-refractivity contribution in [3.63, 3.8) is 0 Å². The second-order valence-electron chi connectivity index (χ2n) is 8.63. The maximum Gasteiger partial charge on any atom is 0.410 e. The molecule has 1 amide bonds. The van der Waals surface area contributed by atoms with Crippen LogP contribution in [-0.2, 0) is 23.1 Å². The first-order valence-electron chi connectivity index (χ1n) is 10.2. The largest absolute Gasteiger partial charge is 0.444 e. The van der Waals surface area contributed by atoms with Gasteiger partial charge in [0.25, 0.3) is 0 Å². The van der Waals surface area contributed by atoms with Crippen LogP contribution in [0.3, 0.4) is 0 Å². The van der Waals surface area contributed by atoms with Crippen LogP contribution in [-0.4, -0.2) is 75.7 Å². The topological polar surface area (TPSA) is 106 Å². The van der Waals surface area contributed by atoms with Crippen LogP contribution in [0.5, 0.6) is 0 Å². The quantitative estimate of drug-likeness (QED) is 0.553. The highest BCUT2D eigenvalue weighted by Crippen LogP contribution is 2.15. The van der Waals surface area contributed by atoms with Gasteiger partial charge in [0.05, 0.1) is 12.1 Å². The molecule has 0 spiro atoms. The van der Waals surface area contributed by atoms with Crippen LogP contribution in [0.1, 0.15) is 45.3 Å². The predicted molar refractivity (Wildman–Crippen MR) is 109 cm³/mol. The summed E-state index contributed by atoms with van der Waals surface area (Å²) in [5, 5.41) is 15.0. The summed E-state index contributed by atoms with van der Waals surface area (Å²) in [6, 6.07) is 0.125. The molecule has 1 atom stereocenters. The van der Waals surface area contributed by atoms with Gasteiger partial charge >= 0.3 is 6.09 Å². The van der Waals surface area contributed by atoms with Gasteiger partial charge < -0.3 is 29.6 Å². The summed E-state index contributed by atoms with van der Waals surface area (Å²) in [7, 11) is 1.93. The Kier molecular flexibility index (Phi) is 6.61. The molecule has 3 heterocycles. The molecule has 2 N–H and O–H groups in total. The van der Waals surface area contributed by atoms with E-state index in [0.29, 0.717) is 32.1 Å². The molecule has 0 saturated carbocycles. The molecule has 1 aromatic heterocycles. The molecule has 3 rings (SSSR count). The molecule has 2 aliphatic rings. The van der Waals surface area contributed by atoms with E-state index in [9.17, 15) is 4.79 Å². The van der Waals surface area contributed by atoms with E-state index in [4.69, 9.17) is 9.47 Å². The lowest BCUT2D eigenvalue weighted by molar-refractivity contribution is 0.00699. The number of nitrogens with zero attached hydrogens (tertiary/aromatic N) is 5. The lowest BCUT2D eigenvalue weighted by atomic mass is 10.1. The highest BCUT2D eigenvalue weighted by molar-refractivity contribution is 5.80. The van der Waals surface area contributed by atoms with Crippen molar-refractivity contribution in [1.82, 2.24) is 30.3 Å². The van der Waals surface area contributed by atoms with Crippen LogP contribution in [0, 0.1) is 6.92 Å². The summed E-state index contributed by atoms with van der Waals surface area (Å²) in [6.45, 7) is 10.6. The van der Waals surface area contributed by atoms with Crippen molar-refractivity contribution in [1.29, 1.82) is 0 Å². The minimum Gasteiger partial charge on any atom is -0.444 e. The zero-order valence-corrected chi connectivity index (χ0v) is 18.1. The van der Waals surface area contributed by atoms with E-state index in [1.807, 2.05) is 39.3 Å². The lowest BCUT2D eigenvalue weighted by Gasteiger charge is -2.40. The molecule has 2 fully saturated rings. The molecule has 0 aromatic carbocycles. The summed E-state index contributed by atoms with van der Waals surface area (Å²) in [4.78, 5) is 18.5. The van der Waals surface area contributed by atoms with Crippen molar-refractivity contribution in [2.75, 3.05) is 26.2 Å². The third-order valence-corrected chi connectivity index (χ3v) is 4.96. The SMILES string of the molecule is Cc1nnc(CN=C(NCC2CCCO2)NC2CN(C(=O)OC(C)(C)C)C2)n1C. The lowest BCUT2D eigenvalue weighted by Crippen LogP contribution is -2.63. The van der Waals surface area contributed by atoms with Gasteiger partial charge in [-0.05, 0) is 40.5 Å². The standard InChI is InChI=1S/C19H33N7O3/c1-13-23-24-16(25(13)5)10-21-17(20-9-15-7-6-8-28-15)22-14-11-26(12-14)18(27)29-19(2,3)4/h14-15H,6-12H2,1-5H3,(H2,20,21,22). The molecular formula is C19H33N7O3. The number of carbonyl (C=O) groups is 1. The van der Waals surface area contributed by atoms with Gasteiger partial charge in [-0.15, -0.1) is 10.2 Å². The zero-order valence-electron chi connectivity index (χ0n) is 18.1. The zero-order chi connectivity index (χ0) is 21.0. The first-order chi connectivity index (χ1) is 13.7. The van der Waals surface area contributed by atoms with Crippen LogP contribution in [0.4, 0.5) is 4.79 Å². The third-order valence-electron chi connectivity index (χ3n) is 4.96. The van der Waals surface area contributed by atoms with Gasteiger partial charge in [0.1, 0.15) is 18.0 Å². The summed E-state index contributed by atoms with van der Waals surface area (Å²) < 4.78 is 13.0. The minimum absolute atomic E-state index is 0.125. The molecule has 0 radical (unpaired) electrons. The van der Waals surface area contributed by atoms with E-state index < -0.39 is 5.60 Å². The average Bonchev–Trinajstić information content (AvgIpc) is 3.22. The number of guanidine groups is 1. The van der Waals surface area contributed by atoms with Crippen molar-refractivity contribution in [3.05, 3.63) is 11.6 Å². The Morgan fingerprint density at radius 2 is 2.10 bits per heavy atom. The average molecular weight is 408 g/mol. The predicted octanol–water partition coefficient (Wildman–Crippen LogP) is 0.957. The number of aryl methyl sites for hydroxylation is 1. The van der Waals surface area contributed by atoms with Gasteiger partial charge in [0.15, 0.2) is 11.8 Å². The maximum atomic E-state index is 12.1. The van der Waals surface area contributed by atoms with Crippen molar-refractivity contribution < 1.29 is 14.3 Å². The summed E-state index contributed by atoms with van der Waals surface area (Å²) in [5.41, 5.74) is -0.487. The van der Waals surface area contributed by atoms with E-state index in [1.54, 1.807) is 4.90 Å². The second-order valence-corrected chi connectivity index (χ2v) is 8.63. The molecule has 2 aliphatic heterocycles. The number of aliphatic imine (C=N–C) groups is 1. The van der Waals surface area contributed by atoms with Crippen LogP contribution < -0.4 is 10.6 Å². The van der Waals surface area contributed by atoms with Gasteiger partial charge in [-0.1, -0.05) is 0 Å². The molecule has 10 heteroatoms. The molecule has 1 aromatic rings. The van der Waals surface area contributed by atoms with Crippen molar-refractivity contribution in [3.8, 4) is 0 Å². The normalized spacial score (nSPS) is 20.5. The number of likely N-dealkylation sites (tertiary alicyclic amines) is 1. The number of rotatable bonds is 5. The maximum absolute atomic E-state index is 12.1. The summed E-state index contributed by atoms with van der Waals surface area (Å²) >= 11 is 0. The van der Waals surface area contributed by atoms with Crippen LogP contribution in [0.2, 0.25) is 0 Å². The van der Waals surface area contributed by atoms with E-state index in [2.05, 4.69) is 25.8 Å². The molecule has 2 saturated heterocycles. The van der Waals surface area contributed by atoms with Crippen LogP contribution >= 0.6 is 0 Å². The second kappa shape index (κ2) is 8.98. The summed E-state index contributed by atoms with van der Waals surface area (Å²) in [5.74, 6) is 2.34. The highest BCUT2D eigenvalue weighted by atomic mass is 16.6. The Morgan fingerprint density at radius 1 is 1.34 bits per heavy atom. The molecular weight excluding hydrogens is 374 g/mol. The third kappa shape index (κ3) is 6.06. The number of nitrogens with one attached hydrogen (secondary N) is 2. The van der Waals surface area contributed by atoms with Crippen molar-refractivity contribution in [2.24, 2.45) is 12.0 Å². The number of amides is 1. The van der Waals surface area contributed by atoms with Gasteiger partial charge in [0.2, 0.25) is 0 Å². The number of hydrogen-bond acceptors (Lipinski definition) is 6. The van der Waals surface area contributed by atoms with E-state index in [0.717, 1.165) is 31.1 Å². The molecule has 1 unspecified atom stereocenters. The van der Waals surface area contributed by atoms with E-state index in [-0.39, 0.29) is 18.2 Å². The summed E-state index contributed by atoms with van der Waals surface area (Å²) in [6.07, 6.45) is 2.07. The Bertz CT molecular complexity index is 729. The Balaban J connectivity index is 1.54. The van der Waals surface area contributed by atoms with Crippen LogP contribution in [0.25, 0.3) is 0 Å². The monoisotopic (exact) mass is 407 g/mol. The first-order valence-corrected chi connectivity index (χ1v) is 10.2. The molecule has 10 nitrogen and oxygen atoms in total. The molecule has 0 aliphatic carbocycles. The van der Waals surface area contributed by atoms with Gasteiger partial charge in [-0.3, -0.25) is 0 Å². The fourth-order valence-electron chi connectivity index (χ4n) is 3.15. The number of hydrogen-bond donors (Lipinski definition) is 2.